The fraction of sp³-hybridized carbons (Fsp3) is 0.231. The van der Waals surface area contributed by atoms with Crippen molar-refractivity contribution in [2.75, 3.05) is 0 Å². The van der Waals surface area contributed by atoms with Gasteiger partial charge in [0.2, 0.25) is 9.84 Å². The van der Waals surface area contributed by atoms with Crippen molar-refractivity contribution in [3.8, 4) is 0 Å². The highest BCUT2D eigenvalue weighted by molar-refractivity contribution is 9.10. The Kier molecular flexibility index (Phi) is 3.73. The quantitative estimate of drug-likeness (QED) is 0.788. The zero-order valence-electron chi connectivity index (χ0n) is 10.8. The Morgan fingerprint density at radius 1 is 0.947 bits per heavy atom. The summed E-state index contributed by atoms with van der Waals surface area (Å²) in [6.45, 7) is 5.39. The van der Waals surface area contributed by atoms with Crippen molar-refractivity contribution < 1.29 is 8.42 Å². The maximum atomic E-state index is 12.4. The SMILES string of the molecule is Cc1ccc(S(=O)(=O)c2nc(C)c(Br)c(C)n2)cc1. The fourth-order valence-corrected chi connectivity index (χ4v) is 3.01. The summed E-state index contributed by atoms with van der Waals surface area (Å²) in [6, 6.07) is 6.65. The number of hydrogen-bond acceptors (Lipinski definition) is 4. The molecule has 1 aromatic heterocycles. The molecule has 6 heteroatoms. The molecule has 1 aromatic carbocycles. The molecule has 0 N–H and O–H groups in total. The van der Waals surface area contributed by atoms with E-state index in [1.807, 2.05) is 6.92 Å². The topological polar surface area (TPSA) is 59.9 Å². The van der Waals surface area contributed by atoms with Gasteiger partial charge in [0, 0.05) is 0 Å². The third kappa shape index (κ3) is 2.69. The van der Waals surface area contributed by atoms with Crippen LogP contribution in [-0.4, -0.2) is 18.4 Å². The van der Waals surface area contributed by atoms with Crippen LogP contribution >= 0.6 is 15.9 Å². The van der Waals surface area contributed by atoms with Crippen LogP contribution in [0.2, 0.25) is 0 Å². The van der Waals surface area contributed by atoms with E-state index in [9.17, 15) is 8.42 Å². The van der Waals surface area contributed by atoms with Crippen LogP contribution in [0.5, 0.6) is 0 Å². The van der Waals surface area contributed by atoms with Crippen molar-refractivity contribution in [1.29, 1.82) is 0 Å². The minimum atomic E-state index is -3.66. The Morgan fingerprint density at radius 2 is 1.42 bits per heavy atom. The number of rotatable bonds is 2. The van der Waals surface area contributed by atoms with Gasteiger partial charge in [-0.25, -0.2) is 18.4 Å². The Balaban J connectivity index is 2.60. The standard InChI is InChI=1S/C13H13BrN2O2S/c1-8-4-6-11(7-5-8)19(17,18)13-15-9(2)12(14)10(3)16-13/h4-7H,1-3H3. The Morgan fingerprint density at radius 3 is 1.89 bits per heavy atom. The predicted molar refractivity (Wildman–Crippen MR) is 75.8 cm³/mol. The molecule has 2 aromatic rings. The number of aromatic nitrogens is 2. The summed E-state index contributed by atoms with van der Waals surface area (Å²) in [5.41, 5.74) is 2.22. The van der Waals surface area contributed by atoms with E-state index in [0.717, 1.165) is 10.0 Å². The summed E-state index contributed by atoms with van der Waals surface area (Å²) in [6.07, 6.45) is 0. The first kappa shape index (κ1) is 14.1. The van der Waals surface area contributed by atoms with E-state index in [1.165, 1.54) is 0 Å². The lowest BCUT2D eigenvalue weighted by molar-refractivity contribution is 0.585. The second-order valence-corrected chi connectivity index (χ2v) is 6.94. The molecule has 0 unspecified atom stereocenters. The van der Waals surface area contributed by atoms with Crippen LogP contribution in [0.4, 0.5) is 0 Å². The van der Waals surface area contributed by atoms with E-state index < -0.39 is 9.84 Å². The molecular weight excluding hydrogens is 328 g/mol. The monoisotopic (exact) mass is 340 g/mol. The lowest BCUT2D eigenvalue weighted by Gasteiger charge is -2.07. The van der Waals surface area contributed by atoms with Crippen molar-refractivity contribution in [1.82, 2.24) is 9.97 Å². The van der Waals surface area contributed by atoms with Gasteiger partial charge in [0.15, 0.2) is 0 Å². The van der Waals surface area contributed by atoms with Gasteiger partial charge in [-0.15, -0.1) is 0 Å². The lowest BCUT2D eigenvalue weighted by Crippen LogP contribution is -2.09. The molecule has 0 atom stereocenters. The van der Waals surface area contributed by atoms with Gasteiger partial charge in [-0.2, -0.15) is 0 Å². The first-order valence-corrected chi connectivity index (χ1v) is 7.92. The average molecular weight is 341 g/mol. The highest BCUT2D eigenvalue weighted by atomic mass is 79.9. The van der Waals surface area contributed by atoms with Gasteiger partial charge in [-0.1, -0.05) is 17.7 Å². The summed E-state index contributed by atoms with van der Waals surface area (Å²) in [5.74, 6) is 0. The van der Waals surface area contributed by atoms with Gasteiger partial charge in [0.25, 0.3) is 5.16 Å². The summed E-state index contributed by atoms with van der Waals surface area (Å²) in [5, 5.41) is -0.158. The Bertz CT molecular complexity index is 702. The second-order valence-electron chi connectivity index (χ2n) is 4.31. The van der Waals surface area contributed by atoms with Crippen molar-refractivity contribution in [3.05, 3.63) is 45.7 Å². The number of nitrogens with zero attached hydrogens (tertiary/aromatic N) is 2. The Labute approximate surface area is 121 Å². The van der Waals surface area contributed by atoms with Crippen LogP contribution in [0.3, 0.4) is 0 Å². The zero-order chi connectivity index (χ0) is 14.2. The molecule has 100 valence electrons. The van der Waals surface area contributed by atoms with E-state index in [2.05, 4.69) is 25.9 Å². The normalized spacial score (nSPS) is 11.6. The fourth-order valence-electron chi connectivity index (χ4n) is 1.61. The molecule has 0 saturated heterocycles. The van der Waals surface area contributed by atoms with E-state index in [1.54, 1.807) is 38.1 Å². The molecule has 4 nitrogen and oxygen atoms in total. The second kappa shape index (κ2) is 5.02. The summed E-state index contributed by atoms with van der Waals surface area (Å²) >= 11 is 3.33. The van der Waals surface area contributed by atoms with Gasteiger partial charge in [0.1, 0.15) is 0 Å². The van der Waals surface area contributed by atoms with E-state index in [0.29, 0.717) is 11.4 Å². The molecule has 0 spiro atoms. The van der Waals surface area contributed by atoms with Gasteiger partial charge in [0.05, 0.1) is 20.8 Å². The third-order valence-corrected chi connectivity index (χ3v) is 5.44. The molecule has 0 fully saturated rings. The highest BCUT2D eigenvalue weighted by Crippen LogP contribution is 2.23. The molecule has 19 heavy (non-hydrogen) atoms. The minimum Gasteiger partial charge on any atom is -0.222 e. The number of benzene rings is 1. The molecule has 0 radical (unpaired) electrons. The lowest BCUT2D eigenvalue weighted by atomic mass is 10.2. The van der Waals surface area contributed by atoms with Crippen LogP contribution in [0.1, 0.15) is 17.0 Å². The molecule has 1 heterocycles. The number of aryl methyl sites for hydroxylation is 3. The van der Waals surface area contributed by atoms with Crippen LogP contribution in [-0.2, 0) is 9.84 Å². The molecule has 0 aliphatic carbocycles. The van der Waals surface area contributed by atoms with Crippen molar-refractivity contribution in [2.45, 2.75) is 30.8 Å². The number of hydrogen-bond donors (Lipinski definition) is 0. The predicted octanol–water partition coefficient (Wildman–Crippen LogP) is 3.00. The molecule has 0 bridgehead atoms. The first-order chi connectivity index (χ1) is 8.82. The van der Waals surface area contributed by atoms with Crippen molar-refractivity contribution >= 4 is 25.8 Å². The maximum absolute atomic E-state index is 12.4. The third-order valence-electron chi connectivity index (χ3n) is 2.73. The van der Waals surface area contributed by atoms with Crippen molar-refractivity contribution in [2.24, 2.45) is 0 Å². The largest absolute Gasteiger partial charge is 0.252 e. The van der Waals surface area contributed by atoms with Gasteiger partial charge in [-0.3, -0.25) is 0 Å². The first-order valence-electron chi connectivity index (χ1n) is 5.65. The van der Waals surface area contributed by atoms with E-state index in [-0.39, 0.29) is 10.1 Å². The van der Waals surface area contributed by atoms with Crippen LogP contribution < -0.4 is 0 Å². The molecule has 0 aliphatic heterocycles. The highest BCUT2D eigenvalue weighted by Gasteiger charge is 2.22. The van der Waals surface area contributed by atoms with Crippen LogP contribution in [0.15, 0.2) is 38.8 Å². The zero-order valence-corrected chi connectivity index (χ0v) is 13.2. The number of sulfone groups is 1. The average Bonchev–Trinajstić information content (AvgIpc) is 2.35. The smallest absolute Gasteiger partial charge is 0.222 e. The van der Waals surface area contributed by atoms with E-state index >= 15 is 0 Å². The molecule has 0 saturated carbocycles. The van der Waals surface area contributed by atoms with Crippen LogP contribution in [0.25, 0.3) is 0 Å². The minimum absolute atomic E-state index is 0.158. The van der Waals surface area contributed by atoms with Crippen LogP contribution in [0, 0.1) is 20.8 Å². The van der Waals surface area contributed by atoms with Gasteiger partial charge >= 0.3 is 0 Å². The maximum Gasteiger partial charge on any atom is 0.252 e. The van der Waals surface area contributed by atoms with E-state index in [4.69, 9.17) is 0 Å². The summed E-state index contributed by atoms with van der Waals surface area (Å²) in [4.78, 5) is 8.32. The Hall–Kier alpha value is -1.27. The summed E-state index contributed by atoms with van der Waals surface area (Å²) < 4.78 is 25.6. The molecule has 2 rings (SSSR count). The molecule has 0 amide bonds. The molecule has 0 aliphatic rings. The summed E-state index contributed by atoms with van der Waals surface area (Å²) in [7, 11) is -3.66. The van der Waals surface area contributed by atoms with Crippen molar-refractivity contribution in [3.63, 3.8) is 0 Å². The number of halogens is 1. The molecular formula is C13H13BrN2O2S. The van der Waals surface area contributed by atoms with Gasteiger partial charge < -0.3 is 0 Å². The van der Waals surface area contributed by atoms with Gasteiger partial charge in [-0.05, 0) is 48.8 Å².